The third-order valence-electron chi connectivity index (χ3n) is 5.57. The van der Waals surface area contributed by atoms with Gasteiger partial charge in [-0.05, 0) is 42.7 Å². The zero-order valence-corrected chi connectivity index (χ0v) is 15.7. The lowest BCUT2D eigenvalue weighted by atomic mass is 9.79. The van der Waals surface area contributed by atoms with Gasteiger partial charge in [0.25, 0.3) is 5.91 Å². The van der Waals surface area contributed by atoms with Crippen molar-refractivity contribution >= 4 is 23.1 Å². The smallest absolute Gasteiger partial charge is 0.251 e. The van der Waals surface area contributed by atoms with Gasteiger partial charge in [0.1, 0.15) is 5.84 Å². The molecule has 2 aromatic rings. The second kappa shape index (κ2) is 7.43. The number of hydrogen-bond acceptors (Lipinski definition) is 4. The van der Waals surface area contributed by atoms with Crippen LogP contribution in [-0.2, 0) is 6.54 Å². The molecule has 2 aromatic carbocycles. The van der Waals surface area contributed by atoms with Crippen LogP contribution in [0.2, 0.25) is 0 Å². The highest BCUT2D eigenvalue weighted by Gasteiger charge is 2.40. The predicted octanol–water partition coefficient (Wildman–Crippen LogP) is 3.99. The molecule has 4 rings (SSSR count). The fourth-order valence-corrected chi connectivity index (χ4v) is 4.05. The molecule has 3 N–H and O–H groups in total. The highest BCUT2D eigenvalue weighted by atomic mass is 16.1. The number of nitrogens with zero attached hydrogens (tertiary/aromatic N) is 1. The standard InChI is InChI=1S/C22H26N4O/c1-23-20(27)17-11-9-16(10-12-17)15-24-21-22(13-5-2-6-14-22)26-19-8-4-3-7-18(19)25-21/h3-4,7-12,26H,2,5-6,13-15H2,1H3,(H,23,27)(H,24,25). The number of anilines is 1. The SMILES string of the molecule is CNC(=O)c1ccc(CNC2=Nc3ccccc3NC23CCCCC3)cc1. The van der Waals surface area contributed by atoms with Gasteiger partial charge in [-0.25, -0.2) is 4.99 Å². The topological polar surface area (TPSA) is 65.5 Å². The van der Waals surface area contributed by atoms with E-state index in [4.69, 9.17) is 4.99 Å². The second-order valence-corrected chi connectivity index (χ2v) is 7.37. The van der Waals surface area contributed by atoms with Crippen LogP contribution in [0.15, 0.2) is 53.5 Å². The fraction of sp³-hybridized carbons (Fsp3) is 0.364. The Morgan fingerprint density at radius 1 is 1.07 bits per heavy atom. The summed E-state index contributed by atoms with van der Waals surface area (Å²) in [5.74, 6) is 0.976. The number of hydrogen-bond donors (Lipinski definition) is 3. The highest BCUT2D eigenvalue weighted by molar-refractivity contribution is 6.00. The van der Waals surface area contributed by atoms with Crippen molar-refractivity contribution in [3.63, 3.8) is 0 Å². The number of benzene rings is 2. The van der Waals surface area contributed by atoms with E-state index in [2.05, 4.69) is 34.1 Å². The summed E-state index contributed by atoms with van der Waals surface area (Å²) in [6, 6.07) is 16.0. The van der Waals surface area contributed by atoms with Crippen molar-refractivity contribution < 1.29 is 4.79 Å². The summed E-state index contributed by atoms with van der Waals surface area (Å²) in [5, 5.41) is 10.0. The van der Waals surface area contributed by atoms with E-state index in [1.54, 1.807) is 7.05 Å². The van der Waals surface area contributed by atoms with Crippen LogP contribution in [0, 0.1) is 0 Å². The van der Waals surface area contributed by atoms with E-state index in [0.717, 1.165) is 35.6 Å². The van der Waals surface area contributed by atoms with Crippen molar-refractivity contribution in [2.24, 2.45) is 4.99 Å². The molecule has 1 heterocycles. The number of aliphatic imine (C=N–C) groups is 1. The summed E-state index contributed by atoms with van der Waals surface area (Å²) in [4.78, 5) is 16.7. The summed E-state index contributed by atoms with van der Waals surface area (Å²) in [6.07, 6.45) is 5.93. The highest BCUT2D eigenvalue weighted by Crippen LogP contribution is 2.40. The van der Waals surface area contributed by atoms with Crippen molar-refractivity contribution in [1.82, 2.24) is 10.6 Å². The Labute approximate surface area is 160 Å². The van der Waals surface area contributed by atoms with Crippen molar-refractivity contribution in [1.29, 1.82) is 0 Å². The lowest BCUT2D eigenvalue weighted by Crippen LogP contribution is -2.54. The minimum Gasteiger partial charge on any atom is -0.371 e. The van der Waals surface area contributed by atoms with Crippen LogP contribution >= 0.6 is 0 Å². The Kier molecular flexibility index (Phi) is 4.84. The Balaban J connectivity index is 1.55. The fourth-order valence-electron chi connectivity index (χ4n) is 4.05. The molecule has 0 radical (unpaired) electrons. The first-order valence-corrected chi connectivity index (χ1v) is 9.71. The molecule has 5 heteroatoms. The van der Waals surface area contributed by atoms with E-state index in [1.807, 2.05) is 30.3 Å². The first-order chi connectivity index (χ1) is 13.2. The van der Waals surface area contributed by atoms with Gasteiger partial charge in [0.2, 0.25) is 0 Å². The van der Waals surface area contributed by atoms with Crippen molar-refractivity contribution in [3.8, 4) is 0 Å². The summed E-state index contributed by atoms with van der Waals surface area (Å²) < 4.78 is 0. The molecule has 1 amide bonds. The van der Waals surface area contributed by atoms with E-state index in [1.165, 1.54) is 19.3 Å². The van der Waals surface area contributed by atoms with Crippen LogP contribution < -0.4 is 16.0 Å². The summed E-state index contributed by atoms with van der Waals surface area (Å²) in [7, 11) is 1.65. The monoisotopic (exact) mass is 362 g/mol. The lowest BCUT2D eigenvalue weighted by molar-refractivity contribution is 0.0963. The van der Waals surface area contributed by atoms with E-state index in [9.17, 15) is 4.79 Å². The van der Waals surface area contributed by atoms with Crippen molar-refractivity contribution in [2.45, 2.75) is 44.2 Å². The van der Waals surface area contributed by atoms with Gasteiger partial charge in [0.15, 0.2) is 0 Å². The minimum atomic E-state index is -0.0887. The van der Waals surface area contributed by atoms with Crippen molar-refractivity contribution in [3.05, 3.63) is 59.7 Å². The normalized spacial score (nSPS) is 17.4. The lowest BCUT2D eigenvalue weighted by Gasteiger charge is -2.42. The average molecular weight is 362 g/mol. The largest absolute Gasteiger partial charge is 0.371 e. The predicted molar refractivity (Wildman–Crippen MR) is 110 cm³/mol. The molecule has 0 saturated heterocycles. The molecular formula is C22H26N4O. The first-order valence-electron chi connectivity index (χ1n) is 9.71. The van der Waals surface area contributed by atoms with Crippen LogP contribution in [0.25, 0.3) is 0 Å². The van der Waals surface area contributed by atoms with Crippen LogP contribution in [-0.4, -0.2) is 24.3 Å². The van der Waals surface area contributed by atoms with Gasteiger partial charge in [0, 0.05) is 19.2 Å². The Hall–Kier alpha value is -2.82. The number of nitrogens with one attached hydrogen (secondary N) is 3. The number of rotatable bonds is 3. The van der Waals surface area contributed by atoms with Gasteiger partial charge in [-0.3, -0.25) is 4.79 Å². The zero-order chi connectivity index (χ0) is 18.7. The molecule has 1 spiro atoms. The molecule has 1 aliphatic heterocycles. The summed E-state index contributed by atoms with van der Waals surface area (Å²) in [5.41, 5.74) is 3.84. The number of carbonyl (C=O) groups excluding carboxylic acids is 1. The number of amidine groups is 1. The molecule has 5 nitrogen and oxygen atoms in total. The summed E-state index contributed by atoms with van der Waals surface area (Å²) >= 11 is 0. The molecule has 1 fully saturated rings. The molecule has 0 unspecified atom stereocenters. The Morgan fingerprint density at radius 3 is 2.56 bits per heavy atom. The van der Waals surface area contributed by atoms with Crippen LogP contribution in [0.1, 0.15) is 48.0 Å². The molecule has 27 heavy (non-hydrogen) atoms. The summed E-state index contributed by atoms with van der Waals surface area (Å²) in [6.45, 7) is 0.693. The second-order valence-electron chi connectivity index (χ2n) is 7.37. The third kappa shape index (κ3) is 3.54. The van der Waals surface area contributed by atoms with Gasteiger partial charge in [-0.2, -0.15) is 0 Å². The van der Waals surface area contributed by atoms with E-state index >= 15 is 0 Å². The molecule has 0 bridgehead atoms. The molecule has 2 aliphatic rings. The van der Waals surface area contributed by atoms with Gasteiger partial charge < -0.3 is 16.0 Å². The molecule has 1 aliphatic carbocycles. The molecular weight excluding hydrogens is 336 g/mol. The Morgan fingerprint density at radius 2 is 1.81 bits per heavy atom. The number of amides is 1. The van der Waals surface area contributed by atoms with E-state index in [-0.39, 0.29) is 11.4 Å². The van der Waals surface area contributed by atoms with E-state index in [0.29, 0.717) is 12.1 Å². The zero-order valence-electron chi connectivity index (χ0n) is 15.7. The molecule has 0 aromatic heterocycles. The van der Waals surface area contributed by atoms with Crippen LogP contribution in [0.3, 0.4) is 0 Å². The Bertz CT molecular complexity index is 851. The quantitative estimate of drug-likeness (QED) is 0.773. The van der Waals surface area contributed by atoms with Crippen LogP contribution in [0.5, 0.6) is 0 Å². The maximum Gasteiger partial charge on any atom is 0.251 e. The van der Waals surface area contributed by atoms with Gasteiger partial charge >= 0.3 is 0 Å². The maximum atomic E-state index is 11.7. The average Bonchev–Trinajstić information content (AvgIpc) is 2.72. The van der Waals surface area contributed by atoms with Crippen molar-refractivity contribution in [2.75, 3.05) is 12.4 Å². The van der Waals surface area contributed by atoms with Gasteiger partial charge in [-0.1, -0.05) is 43.5 Å². The van der Waals surface area contributed by atoms with Gasteiger partial charge in [0.05, 0.1) is 16.9 Å². The molecule has 1 saturated carbocycles. The third-order valence-corrected chi connectivity index (χ3v) is 5.57. The van der Waals surface area contributed by atoms with E-state index < -0.39 is 0 Å². The molecule has 0 atom stereocenters. The maximum absolute atomic E-state index is 11.7. The number of fused-ring (bicyclic) bond motifs is 1. The number of para-hydroxylation sites is 2. The van der Waals surface area contributed by atoms with Crippen LogP contribution in [0.4, 0.5) is 11.4 Å². The number of carbonyl (C=O) groups is 1. The minimum absolute atomic E-state index is 0.0619. The van der Waals surface area contributed by atoms with Gasteiger partial charge in [-0.15, -0.1) is 0 Å². The molecule has 140 valence electrons. The first kappa shape index (κ1) is 17.6.